The molecule has 0 saturated heterocycles. The summed E-state index contributed by atoms with van der Waals surface area (Å²) in [5.74, 6) is 0.723. The van der Waals surface area contributed by atoms with Crippen LogP contribution in [0.25, 0.3) is 0 Å². The van der Waals surface area contributed by atoms with Crippen LogP contribution in [0.15, 0.2) is 0 Å². The molecule has 0 bridgehead atoms. The Morgan fingerprint density at radius 3 is 2.39 bits per heavy atom. The Labute approximate surface area is 114 Å². The van der Waals surface area contributed by atoms with E-state index >= 15 is 0 Å². The van der Waals surface area contributed by atoms with Gasteiger partial charge in [0.05, 0.1) is 6.61 Å². The van der Waals surface area contributed by atoms with Crippen LogP contribution in [-0.2, 0) is 4.74 Å². The fraction of sp³-hybridized carbons (Fsp3) is 1.00. The van der Waals surface area contributed by atoms with Crippen LogP contribution in [0.1, 0.15) is 41.5 Å². The number of nitrogens with zero attached hydrogens (tertiary/aromatic N) is 1. The maximum atomic E-state index is 5.44. The summed E-state index contributed by atoms with van der Waals surface area (Å²) < 4.78 is 5.44. The molecule has 18 heavy (non-hydrogen) atoms. The van der Waals surface area contributed by atoms with Gasteiger partial charge in [-0.2, -0.15) is 0 Å². The molecular weight excluding hydrogens is 224 g/mol. The fourth-order valence-electron chi connectivity index (χ4n) is 2.05. The van der Waals surface area contributed by atoms with E-state index in [9.17, 15) is 0 Å². The molecule has 0 aromatic rings. The molecule has 3 nitrogen and oxygen atoms in total. The SMILES string of the molecule is CCOCCN(CC)CC(C)(C)CNCC(C)C. The highest BCUT2D eigenvalue weighted by atomic mass is 16.5. The number of rotatable bonds is 11. The number of hydrogen-bond donors (Lipinski definition) is 1. The van der Waals surface area contributed by atoms with Gasteiger partial charge in [-0.05, 0) is 31.3 Å². The summed E-state index contributed by atoms with van der Waals surface area (Å²) in [5.41, 5.74) is 0.317. The highest BCUT2D eigenvalue weighted by Crippen LogP contribution is 2.15. The molecule has 110 valence electrons. The lowest BCUT2D eigenvalue weighted by Gasteiger charge is -2.32. The molecule has 0 aliphatic rings. The zero-order valence-corrected chi connectivity index (χ0v) is 13.4. The number of nitrogens with one attached hydrogen (secondary N) is 1. The van der Waals surface area contributed by atoms with E-state index in [1.165, 1.54) is 0 Å². The summed E-state index contributed by atoms with van der Waals surface area (Å²) in [7, 11) is 0. The van der Waals surface area contributed by atoms with Gasteiger partial charge in [0.15, 0.2) is 0 Å². The van der Waals surface area contributed by atoms with Crippen LogP contribution >= 0.6 is 0 Å². The van der Waals surface area contributed by atoms with Crippen molar-refractivity contribution in [2.75, 3.05) is 45.9 Å². The van der Waals surface area contributed by atoms with Crippen molar-refractivity contribution in [3.63, 3.8) is 0 Å². The van der Waals surface area contributed by atoms with Crippen molar-refractivity contribution in [2.24, 2.45) is 11.3 Å². The van der Waals surface area contributed by atoms with Crippen molar-refractivity contribution in [1.82, 2.24) is 10.2 Å². The molecule has 0 aromatic carbocycles. The normalized spacial score (nSPS) is 12.7. The van der Waals surface area contributed by atoms with Gasteiger partial charge >= 0.3 is 0 Å². The fourth-order valence-corrected chi connectivity index (χ4v) is 2.05. The summed E-state index contributed by atoms with van der Waals surface area (Å²) in [4.78, 5) is 2.48. The van der Waals surface area contributed by atoms with Crippen molar-refractivity contribution in [2.45, 2.75) is 41.5 Å². The molecule has 0 aliphatic carbocycles. The first-order valence-corrected chi connectivity index (χ1v) is 7.42. The van der Waals surface area contributed by atoms with Gasteiger partial charge in [-0.1, -0.05) is 34.6 Å². The Hall–Kier alpha value is -0.120. The number of ether oxygens (including phenoxy) is 1. The highest BCUT2D eigenvalue weighted by molar-refractivity contribution is 4.76. The predicted octanol–water partition coefficient (Wildman–Crippen LogP) is 2.62. The van der Waals surface area contributed by atoms with Crippen LogP contribution in [0.5, 0.6) is 0 Å². The van der Waals surface area contributed by atoms with Gasteiger partial charge in [0, 0.05) is 26.2 Å². The summed E-state index contributed by atoms with van der Waals surface area (Å²) >= 11 is 0. The molecule has 0 aromatic heterocycles. The zero-order valence-electron chi connectivity index (χ0n) is 13.4. The highest BCUT2D eigenvalue weighted by Gasteiger charge is 2.20. The minimum Gasteiger partial charge on any atom is -0.380 e. The predicted molar refractivity (Wildman–Crippen MR) is 80.1 cm³/mol. The quantitative estimate of drug-likeness (QED) is 0.577. The Morgan fingerprint density at radius 2 is 1.89 bits per heavy atom. The Balaban J connectivity index is 3.93. The van der Waals surface area contributed by atoms with Gasteiger partial charge < -0.3 is 15.0 Å². The maximum absolute atomic E-state index is 5.44. The maximum Gasteiger partial charge on any atom is 0.0593 e. The molecule has 1 N–H and O–H groups in total. The third-order valence-corrected chi connectivity index (χ3v) is 3.01. The van der Waals surface area contributed by atoms with Crippen LogP contribution < -0.4 is 5.32 Å². The second-order valence-electron chi connectivity index (χ2n) is 6.25. The number of likely N-dealkylation sites (N-methyl/N-ethyl adjacent to an activating group) is 1. The Bertz CT molecular complexity index is 193. The monoisotopic (exact) mass is 258 g/mol. The molecule has 0 rings (SSSR count). The summed E-state index contributed by atoms with van der Waals surface area (Å²) in [6.45, 7) is 20.6. The molecule has 0 aliphatic heterocycles. The van der Waals surface area contributed by atoms with Crippen LogP contribution in [0.3, 0.4) is 0 Å². The molecule has 0 spiro atoms. The van der Waals surface area contributed by atoms with Crippen molar-refractivity contribution in [3.05, 3.63) is 0 Å². The van der Waals surface area contributed by atoms with Gasteiger partial charge in [-0.3, -0.25) is 0 Å². The molecule has 0 radical (unpaired) electrons. The lowest BCUT2D eigenvalue weighted by molar-refractivity contribution is 0.0967. The van der Waals surface area contributed by atoms with Crippen LogP contribution in [0, 0.1) is 11.3 Å². The van der Waals surface area contributed by atoms with Crippen molar-refractivity contribution in [3.8, 4) is 0 Å². The van der Waals surface area contributed by atoms with Gasteiger partial charge in [0.2, 0.25) is 0 Å². The van der Waals surface area contributed by atoms with Crippen LogP contribution in [-0.4, -0.2) is 50.8 Å². The van der Waals surface area contributed by atoms with E-state index in [2.05, 4.69) is 51.8 Å². The smallest absolute Gasteiger partial charge is 0.0593 e. The lowest BCUT2D eigenvalue weighted by atomic mass is 9.92. The van der Waals surface area contributed by atoms with E-state index in [1.807, 2.05) is 0 Å². The standard InChI is InChI=1S/C15H34N2O/c1-7-17(9-10-18-8-2)13-15(5,6)12-16-11-14(3)4/h14,16H,7-13H2,1-6H3. The van der Waals surface area contributed by atoms with Crippen molar-refractivity contribution < 1.29 is 4.74 Å². The van der Waals surface area contributed by atoms with E-state index in [4.69, 9.17) is 4.74 Å². The molecule has 0 saturated carbocycles. The molecule has 3 heteroatoms. The minimum atomic E-state index is 0.317. The van der Waals surface area contributed by atoms with E-state index in [0.29, 0.717) is 5.41 Å². The third-order valence-electron chi connectivity index (χ3n) is 3.01. The zero-order chi connectivity index (χ0) is 14.0. The first-order chi connectivity index (χ1) is 8.41. The molecular formula is C15H34N2O. The Kier molecular flexibility index (Phi) is 9.70. The third kappa shape index (κ3) is 9.86. The van der Waals surface area contributed by atoms with Crippen LogP contribution in [0.2, 0.25) is 0 Å². The summed E-state index contributed by atoms with van der Waals surface area (Å²) in [6, 6.07) is 0. The Morgan fingerprint density at radius 1 is 1.22 bits per heavy atom. The van der Waals surface area contributed by atoms with E-state index in [1.54, 1.807) is 0 Å². The second kappa shape index (κ2) is 9.76. The van der Waals surface area contributed by atoms with E-state index in [-0.39, 0.29) is 0 Å². The van der Waals surface area contributed by atoms with Gasteiger partial charge in [0.25, 0.3) is 0 Å². The largest absolute Gasteiger partial charge is 0.380 e. The minimum absolute atomic E-state index is 0.317. The van der Waals surface area contributed by atoms with Crippen molar-refractivity contribution in [1.29, 1.82) is 0 Å². The summed E-state index contributed by atoms with van der Waals surface area (Å²) in [5, 5.41) is 3.56. The van der Waals surface area contributed by atoms with Gasteiger partial charge in [-0.15, -0.1) is 0 Å². The first kappa shape index (κ1) is 17.9. The van der Waals surface area contributed by atoms with E-state index in [0.717, 1.165) is 51.9 Å². The molecule has 0 heterocycles. The average Bonchev–Trinajstić information content (AvgIpc) is 2.27. The molecule has 0 unspecified atom stereocenters. The van der Waals surface area contributed by atoms with Crippen molar-refractivity contribution >= 4 is 0 Å². The van der Waals surface area contributed by atoms with Gasteiger partial charge in [0.1, 0.15) is 0 Å². The molecule has 0 amide bonds. The molecule has 0 atom stereocenters. The van der Waals surface area contributed by atoms with E-state index < -0.39 is 0 Å². The number of hydrogen-bond acceptors (Lipinski definition) is 3. The first-order valence-electron chi connectivity index (χ1n) is 7.42. The lowest BCUT2D eigenvalue weighted by Crippen LogP contribution is -2.42. The van der Waals surface area contributed by atoms with Gasteiger partial charge in [-0.25, -0.2) is 0 Å². The summed E-state index contributed by atoms with van der Waals surface area (Å²) in [6.07, 6.45) is 0. The average molecular weight is 258 g/mol. The molecule has 0 fully saturated rings. The van der Waals surface area contributed by atoms with Crippen LogP contribution in [0.4, 0.5) is 0 Å². The second-order valence-corrected chi connectivity index (χ2v) is 6.25. The topological polar surface area (TPSA) is 24.5 Å².